The maximum Gasteiger partial charge on any atom is 0.269 e. The number of sulfonamides is 1. The summed E-state index contributed by atoms with van der Waals surface area (Å²) in [7, 11) is -3.57. The summed E-state index contributed by atoms with van der Waals surface area (Å²) in [5.74, 6) is 0. The molecule has 0 aliphatic carbocycles. The zero-order valence-electron chi connectivity index (χ0n) is 11.6. The highest BCUT2D eigenvalue weighted by molar-refractivity contribution is 7.89. The number of rotatable bonds is 5. The van der Waals surface area contributed by atoms with E-state index in [1.165, 1.54) is 28.6 Å². The highest BCUT2D eigenvalue weighted by Gasteiger charge is 2.44. The van der Waals surface area contributed by atoms with Gasteiger partial charge in [0.1, 0.15) is 0 Å². The molecule has 1 saturated heterocycles. The fourth-order valence-electron chi connectivity index (χ4n) is 2.38. The summed E-state index contributed by atoms with van der Waals surface area (Å²) in [5.41, 5.74) is 0.972. The van der Waals surface area contributed by atoms with Crippen molar-refractivity contribution < 1.29 is 13.3 Å². The van der Waals surface area contributed by atoms with Gasteiger partial charge in [-0.1, -0.05) is 30.3 Å². The molecule has 0 amide bonds. The second-order valence-corrected chi connectivity index (χ2v) is 7.06. The van der Waals surface area contributed by atoms with Gasteiger partial charge in [-0.05, 0) is 24.1 Å². The van der Waals surface area contributed by atoms with Crippen molar-refractivity contribution in [3.8, 4) is 0 Å². The molecule has 1 fully saturated rings. The Morgan fingerprint density at radius 3 is 2.32 bits per heavy atom. The molecule has 1 aliphatic heterocycles. The van der Waals surface area contributed by atoms with Crippen molar-refractivity contribution in [2.24, 2.45) is 0 Å². The molecule has 2 atom stereocenters. The molecule has 0 radical (unpaired) electrons. The van der Waals surface area contributed by atoms with Crippen LogP contribution in [0.3, 0.4) is 0 Å². The van der Waals surface area contributed by atoms with Gasteiger partial charge in [0.25, 0.3) is 5.69 Å². The highest BCUT2D eigenvalue weighted by Crippen LogP contribution is 2.31. The average molecular weight is 318 g/mol. The average Bonchev–Trinajstić information content (AvgIpc) is 3.28. The van der Waals surface area contributed by atoms with Gasteiger partial charge in [0, 0.05) is 24.7 Å². The molecule has 2 aromatic carbocycles. The predicted octanol–water partition coefficient (Wildman–Crippen LogP) is 2.21. The second-order valence-electron chi connectivity index (χ2n) is 5.17. The van der Waals surface area contributed by atoms with Gasteiger partial charge in [-0.2, -0.15) is 4.31 Å². The van der Waals surface area contributed by atoms with Crippen molar-refractivity contribution in [1.82, 2.24) is 4.31 Å². The second kappa shape index (κ2) is 5.51. The lowest BCUT2D eigenvalue weighted by Gasteiger charge is -2.06. The minimum atomic E-state index is -3.57. The first-order chi connectivity index (χ1) is 10.5. The van der Waals surface area contributed by atoms with Gasteiger partial charge in [-0.15, -0.1) is 0 Å². The van der Waals surface area contributed by atoms with Gasteiger partial charge in [-0.25, -0.2) is 8.42 Å². The molecule has 0 aromatic heterocycles. The molecule has 0 spiro atoms. The van der Waals surface area contributed by atoms with Crippen LogP contribution in [-0.2, 0) is 16.4 Å². The van der Waals surface area contributed by atoms with Crippen molar-refractivity contribution in [3.05, 3.63) is 70.3 Å². The molecule has 3 rings (SSSR count). The highest BCUT2D eigenvalue weighted by atomic mass is 32.2. The maximum absolute atomic E-state index is 12.4. The van der Waals surface area contributed by atoms with Crippen molar-refractivity contribution in [2.75, 3.05) is 6.54 Å². The third-order valence-electron chi connectivity index (χ3n) is 3.63. The summed E-state index contributed by atoms with van der Waals surface area (Å²) in [4.78, 5) is 10.2. The Kier molecular flexibility index (Phi) is 3.67. The summed E-state index contributed by atoms with van der Waals surface area (Å²) >= 11 is 0. The summed E-state index contributed by atoms with van der Waals surface area (Å²) in [6.07, 6.45) is 0.674. The lowest BCUT2D eigenvalue weighted by atomic mass is 10.1. The van der Waals surface area contributed by atoms with Crippen LogP contribution in [0, 0.1) is 10.1 Å². The van der Waals surface area contributed by atoms with Crippen LogP contribution in [0.15, 0.2) is 59.5 Å². The predicted molar refractivity (Wildman–Crippen MR) is 80.9 cm³/mol. The Labute approximate surface area is 128 Å². The number of nitro groups is 1. The number of non-ortho nitro benzene ring substituents is 1. The summed E-state index contributed by atoms with van der Waals surface area (Å²) in [5, 5.41) is 10.6. The van der Waals surface area contributed by atoms with E-state index < -0.39 is 14.9 Å². The first kappa shape index (κ1) is 14.7. The molecule has 0 bridgehead atoms. The summed E-state index contributed by atoms with van der Waals surface area (Å²) in [6, 6.07) is 14.6. The number of nitrogens with zero attached hydrogens (tertiary/aromatic N) is 2. The van der Waals surface area contributed by atoms with Gasteiger partial charge in [0.05, 0.1) is 9.82 Å². The van der Waals surface area contributed by atoms with E-state index in [1.807, 2.05) is 30.3 Å². The number of hydrogen-bond acceptors (Lipinski definition) is 4. The van der Waals surface area contributed by atoms with Crippen molar-refractivity contribution in [1.29, 1.82) is 0 Å². The van der Waals surface area contributed by atoms with E-state index in [2.05, 4.69) is 0 Å². The zero-order valence-corrected chi connectivity index (χ0v) is 12.4. The standard InChI is InChI=1S/C15H14N2O4S/c18-17(19)13-6-8-15(9-7-13)22(20,21)16-11-14(16)10-12-4-2-1-3-5-12/h1-9,14H,10-11H2/t14-,16?/m1/s1. The largest absolute Gasteiger partial charge is 0.269 e. The van der Waals surface area contributed by atoms with Crippen molar-refractivity contribution in [2.45, 2.75) is 17.4 Å². The third-order valence-corrected chi connectivity index (χ3v) is 5.57. The first-order valence-corrected chi connectivity index (χ1v) is 8.23. The number of hydrogen-bond donors (Lipinski definition) is 0. The van der Waals surface area contributed by atoms with E-state index in [0.717, 1.165) is 5.56 Å². The smallest absolute Gasteiger partial charge is 0.258 e. The van der Waals surface area contributed by atoms with Crippen LogP contribution in [0.25, 0.3) is 0 Å². The molecule has 1 aliphatic rings. The van der Waals surface area contributed by atoms with Gasteiger partial charge in [0.15, 0.2) is 0 Å². The minimum Gasteiger partial charge on any atom is -0.258 e. The Morgan fingerprint density at radius 1 is 1.09 bits per heavy atom. The van der Waals surface area contributed by atoms with Crippen LogP contribution in [0.4, 0.5) is 5.69 Å². The van der Waals surface area contributed by atoms with E-state index in [1.54, 1.807) is 0 Å². The van der Waals surface area contributed by atoms with Gasteiger partial charge >= 0.3 is 0 Å². The Hall–Kier alpha value is -2.25. The van der Waals surface area contributed by atoms with Gasteiger partial charge in [0.2, 0.25) is 10.0 Å². The quantitative estimate of drug-likeness (QED) is 0.481. The van der Waals surface area contributed by atoms with Crippen LogP contribution in [0.5, 0.6) is 0 Å². The molecule has 0 saturated carbocycles. The Morgan fingerprint density at radius 2 is 1.73 bits per heavy atom. The van der Waals surface area contributed by atoms with E-state index in [4.69, 9.17) is 0 Å². The lowest BCUT2D eigenvalue weighted by Crippen LogP contribution is -2.15. The molecule has 0 N–H and O–H groups in total. The minimum absolute atomic E-state index is 0.0393. The molecule has 1 heterocycles. The molecule has 7 heteroatoms. The van der Waals surface area contributed by atoms with Crippen LogP contribution >= 0.6 is 0 Å². The third kappa shape index (κ3) is 2.86. The van der Waals surface area contributed by atoms with Crippen LogP contribution in [-0.4, -0.2) is 30.2 Å². The monoisotopic (exact) mass is 318 g/mol. The van der Waals surface area contributed by atoms with E-state index in [0.29, 0.717) is 13.0 Å². The molecular weight excluding hydrogens is 304 g/mol. The topological polar surface area (TPSA) is 80.3 Å². The van der Waals surface area contributed by atoms with Crippen LogP contribution in [0.1, 0.15) is 5.56 Å². The van der Waals surface area contributed by atoms with Crippen LogP contribution in [0.2, 0.25) is 0 Å². The maximum atomic E-state index is 12.4. The normalized spacial score (nSPS) is 20.5. The molecular formula is C15H14N2O4S. The van der Waals surface area contributed by atoms with Crippen molar-refractivity contribution in [3.63, 3.8) is 0 Å². The van der Waals surface area contributed by atoms with Crippen LogP contribution < -0.4 is 0 Å². The van der Waals surface area contributed by atoms with Crippen molar-refractivity contribution >= 4 is 15.7 Å². The fraction of sp³-hybridized carbons (Fsp3) is 0.200. The summed E-state index contributed by atoms with van der Waals surface area (Å²) < 4.78 is 26.3. The van der Waals surface area contributed by atoms with E-state index in [-0.39, 0.29) is 16.6 Å². The molecule has 2 aromatic rings. The summed E-state index contributed by atoms with van der Waals surface area (Å²) in [6.45, 7) is 0.480. The van der Waals surface area contributed by atoms with E-state index >= 15 is 0 Å². The van der Waals surface area contributed by atoms with Gasteiger partial charge < -0.3 is 0 Å². The Balaban J connectivity index is 1.73. The number of benzene rings is 2. The molecule has 114 valence electrons. The SMILES string of the molecule is O=[N+]([O-])c1ccc(S(=O)(=O)N2C[C@H]2Cc2ccccc2)cc1. The van der Waals surface area contributed by atoms with Gasteiger partial charge in [-0.3, -0.25) is 10.1 Å². The van der Waals surface area contributed by atoms with E-state index in [9.17, 15) is 18.5 Å². The lowest BCUT2D eigenvalue weighted by molar-refractivity contribution is -0.384. The fourth-order valence-corrected chi connectivity index (χ4v) is 3.97. The Bertz CT molecular complexity index is 788. The molecule has 6 nitrogen and oxygen atoms in total. The molecule has 1 unspecified atom stereocenters. The molecule has 22 heavy (non-hydrogen) atoms. The zero-order chi connectivity index (χ0) is 15.7. The first-order valence-electron chi connectivity index (χ1n) is 6.79. The number of nitro benzene ring substituents is 1.